The van der Waals surface area contributed by atoms with Crippen molar-refractivity contribution >= 4 is 18.0 Å². The van der Waals surface area contributed by atoms with E-state index in [1.165, 1.54) is 12.1 Å². The first-order valence-corrected chi connectivity index (χ1v) is 11.0. The fraction of sp³-hybridized carbons (Fsp3) is 0.269. The predicted molar refractivity (Wildman–Crippen MR) is 124 cm³/mol. The molecule has 3 N–H and O–H groups in total. The molecule has 0 saturated carbocycles. The molecular weight excluding hydrogens is 436 g/mol. The van der Waals surface area contributed by atoms with Crippen LogP contribution in [-0.4, -0.2) is 35.2 Å². The number of fused-ring (bicyclic) bond motifs is 3. The SMILES string of the molecule is CC(C)(CC(=O)NCc1ccc(C(=O)O)o1)NC(=O)OCC1c2ccccc2-c2ccccc21. The van der Waals surface area contributed by atoms with Crippen molar-refractivity contribution in [3.63, 3.8) is 0 Å². The van der Waals surface area contributed by atoms with E-state index in [1.807, 2.05) is 36.4 Å². The number of hydrogen-bond acceptors (Lipinski definition) is 5. The zero-order valence-corrected chi connectivity index (χ0v) is 19.0. The molecule has 2 amide bonds. The van der Waals surface area contributed by atoms with E-state index in [2.05, 4.69) is 22.8 Å². The standard InChI is InChI=1S/C26H26N2O6/c1-26(2,13-23(29)27-14-16-11-12-22(34-16)24(30)31)28-25(32)33-15-21-19-9-5-3-7-17(19)18-8-4-6-10-20(18)21/h3-12,21H,13-15H2,1-2H3,(H,27,29)(H,28,32)(H,30,31). The lowest BCUT2D eigenvalue weighted by Crippen LogP contribution is -2.47. The number of aromatic carboxylic acids is 1. The van der Waals surface area contributed by atoms with Crippen LogP contribution in [0.5, 0.6) is 0 Å². The summed E-state index contributed by atoms with van der Waals surface area (Å²) in [5.74, 6) is -1.41. The Labute approximate surface area is 196 Å². The molecular formula is C26H26N2O6. The molecule has 0 atom stereocenters. The molecule has 0 spiro atoms. The van der Waals surface area contributed by atoms with Crippen LogP contribution in [0, 0.1) is 0 Å². The minimum Gasteiger partial charge on any atom is -0.475 e. The summed E-state index contributed by atoms with van der Waals surface area (Å²) in [6.07, 6.45) is -0.597. The van der Waals surface area contributed by atoms with Gasteiger partial charge in [0.2, 0.25) is 11.7 Å². The van der Waals surface area contributed by atoms with Gasteiger partial charge in [-0.25, -0.2) is 9.59 Å². The number of hydrogen-bond donors (Lipinski definition) is 3. The van der Waals surface area contributed by atoms with Gasteiger partial charge in [0.1, 0.15) is 12.4 Å². The Balaban J connectivity index is 1.29. The van der Waals surface area contributed by atoms with E-state index in [-0.39, 0.29) is 37.2 Å². The highest BCUT2D eigenvalue weighted by Gasteiger charge is 2.30. The summed E-state index contributed by atoms with van der Waals surface area (Å²) in [4.78, 5) is 35.7. The number of carboxylic acid groups (broad SMARTS) is 1. The van der Waals surface area contributed by atoms with Gasteiger partial charge in [-0.15, -0.1) is 0 Å². The van der Waals surface area contributed by atoms with E-state index in [4.69, 9.17) is 14.3 Å². The summed E-state index contributed by atoms with van der Waals surface area (Å²) in [6, 6.07) is 19.0. The normalized spacial score (nSPS) is 12.5. The Hall–Kier alpha value is -4.07. The smallest absolute Gasteiger partial charge is 0.407 e. The molecule has 1 aromatic heterocycles. The Bertz CT molecular complexity index is 1180. The number of nitrogens with one attached hydrogen (secondary N) is 2. The maximum atomic E-state index is 12.5. The monoisotopic (exact) mass is 462 g/mol. The number of ether oxygens (including phenoxy) is 1. The van der Waals surface area contributed by atoms with Crippen molar-refractivity contribution < 1.29 is 28.6 Å². The zero-order chi connectivity index (χ0) is 24.3. The average Bonchev–Trinajstić information content (AvgIpc) is 3.39. The summed E-state index contributed by atoms with van der Waals surface area (Å²) in [6.45, 7) is 3.69. The fourth-order valence-electron chi connectivity index (χ4n) is 4.19. The first kappa shape index (κ1) is 23.1. The largest absolute Gasteiger partial charge is 0.475 e. The second kappa shape index (κ2) is 9.43. The van der Waals surface area contributed by atoms with Crippen LogP contribution in [0.25, 0.3) is 11.1 Å². The summed E-state index contributed by atoms with van der Waals surface area (Å²) in [5, 5.41) is 14.3. The van der Waals surface area contributed by atoms with Crippen LogP contribution in [0.1, 0.15) is 53.6 Å². The van der Waals surface area contributed by atoms with Crippen molar-refractivity contribution in [3.8, 4) is 11.1 Å². The van der Waals surface area contributed by atoms with Gasteiger partial charge >= 0.3 is 12.1 Å². The maximum absolute atomic E-state index is 12.5. The molecule has 0 aliphatic heterocycles. The van der Waals surface area contributed by atoms with Gasteiger partial charge in [0.15, 0.2) is 0 Å². The molecule has 0 fully saturated rings. The minimum absolute atomic E-state index is 0.00366. The van der Waals surface area contributed by atoms with Gasteiger partial charge in [0.05, 0.1) is 6.54 Å². The van der Waals surface area contributed by atoms with Gasteiger partial charge < -0.3 is 24.9 Å². The molecule has 2 aromatic carbocycles. The number of amides is 2. The third-order valence-corrected chi connectivity index (χ3v) is 5.72. The topological polar surface area (TPSA) is 118 Å². The molecule has 1 aliphatic carbocycles. The van der Waals surface area contributed by atoms with Gasteiger partial charge in [0.25, 0.3) is 0 Å². The van der Waals surface area contributed by atoms with Gasteiger partial charge in [-0.05, 0) is 48.2 Å². The van der Waals surface area contributed by atoms with Crippen molar-refractivity contribution in [2.45, 2.75) is 38.3 Å². The van der Waals surface area contributed by atoms with Gasteiger partial charge in [-0.2, -0.15) is 0 Å². The third kappa shape index (κ3) is 5.11. The second-order valence-electron chi connectivity index (χ2n) is 8.86. The summed E-state index contributed by atoms with van der Waals surface area (Å²) < 4.78 is 10.7. The Morgan fingerprint density at radius 3 is 2.18 bits per heavy atom. The van der Waals surface area contributed by atoms with E-state index < -0.39 is 17.6 Å². The second-order valence-corrected chi connectivity index (χ2v) is 8.86. The molecule has 176 valence electrons. The highest BCUT2D eigenvalue weighted by atomic mass is 16.5. The Morgan fingerprint density at radius 2 is 1.59 bits per heavy atom. The minimum atomic E-state index is -1.17. The van der Waals surface area contributed by atoms with Crippen LogP contribution in [0.2, 0.25) is 0 Å². The molecule has 8 heteroatoms. The number of benzene rings is 2. The number of furan rings is 1. The Morgan fingerprint density at radius 1 is 0.971 bits per heavy atom. The number of carboxylic acids is 1. The van der Waals surface area contributed by atoms with Crippen molar-refractivity contribution in [3.05, 3.63) is 83.3 Å². The van der Waals surface area contributed by atoms with Crippen LogP contribution in [-0.2, 0) is 16.1 Å². The third-order valence-electron chi connectivity index (χ3n) is 5.72. The first-order chi connectivity index (χ1) is 16.2. The molecule has 34 heavy (non-hydrogen) atoms. The molecule has 8 nitrogen and oxygen atoms in total. The lowest BCUT2D eigenvalue weighted by molar-refractivity contribution is -0.122. The molecule has 0 unspecified atom stereocenters. The predicted octanol–water partition coefficient (Wildman–Crippen LogP) is 4.30. The average molecular weight is 463 g/mol. The van der Waals surface area contributed by atoms with Crippen LogP contribution < -0.4 is 10.6 Å². The fourth-order valence-corrected chi connectivity index (χ4v) is 4.19. The summed E-state index contributed by atoms with van der Waals surface area (Å²) in [5.41, 5.74) is 3.69. The maximum Gasteiger partial charge on any atom is 0.407 e. The summed E-state index contributed by atoms with van der Waals surface area (Å²) >= 11 is 0. The van der Waals surface area contributed by atoms with E-state index in [0.717, 1.165) is 22.3 Å². The molecule has 0 bridgehead atoms. The highest BCUT2D eigenvalue weighted by Crippen LogP contribution is 2.44. The van der Waals surface area contributed by atoms with Crippen LogP contribution >= 0.6 is 0 Å². The number of carbonyl (C=O) groups is 3. The highest BCUT2D eigenvalue weighted by molar-refractivity contribution is 5.84. The quantitative estimate of drug-likeness (QED) is 0.459. The van der Waals surface area contributed by atoms with Gasteiger partial charge in [0, 0.05) is 17.9 Å². The molecule has 0 saturated heterocycles. The van der Waals surface area contributed by atoms with Crippen molar-refractivity contribution in [1.82, 2.24) is 10.6 Å². The van der Waals surface area contributed by atoms with E-state index in [1.54, 1.807) is 13.8 Å². The molecule has 4 rings (SSSR count). The molecule has 0 radical (unpaired) electrons. The number of rotatable bonds is 8. The van der Waals surface area contributed by atoms with E-state index >= 15 is 0 Å². The number of carbonyl (C=O) groups excluding carboxylic acids is 2. The van der Waals surface area contributed by atoms with Crippen LogP contribution in [0.15, 0.2) is 65.1 Å². The Kier molecular flexibility index (Phi) is 6.40. The molecule has 3 aromatic rings. The van der Waals surface area contributed by atoms with Crippen LogP contribution in [0.3, 0.4) is 0 Å². The van der Waals surface area contributed by atoms with E-state index in [9.17, 15) is 14.4 Å². The summed E-state index contributed by atoms with van der Waals surface area (Å²) in [7, 11) is 0. The molecule has 1 heterocycles. The number of alkyl carbamates (subject to hydrolysis) is 1. The first-order valence-electron chi connectivity index (χ1n) is 11.0. The van der Waals surface area contributed by atoms with E-state index in [0.29, 0.717) is 5.76 Å². The van der Waals surface area contributed by atoms with Crippen LogP contribution in [0.4, 0.5) is 4.79 Å². The van der Waals surface area contributed by atoms with Gasteiger partial charge in [-0.3, -0.25) is 4.79 Å². The van der Waals surface area contributed by atoms with Gasteiger partial charge in [-0.1, -0.05) is 48.5 Å². The molecule has 1 aliphatic rings. The van der Waals surface area contributed by atoms with Crippen molar-refractivity contribution in [2.75, 3.05) is 6.61 Å². The van der Waals surface area contributed by atoms with Crippen molar-refractivity contribution in [2.24, 2.45) is 0 Å². The van der Waals surface area contributed by atoms with Crippen molar-refractivity contribution in [1.29, 1.82) is 0 Å². The zero-order valence-electron chi connectivity index (χ0n) is 19.0. The lowest BCUT2D eigenvalue weighted by atomic mass is 9.98. The lowest BCUT2D eigenvalue weighted by Gasteiger charge is -2.25.